The summed E-state index contributed by atoms with van der Waals surface area (Å²) >= 11 is 0. The lowest BCUT2D eigenvalue weighted by Gasteiger charge is -2.35. The number of fused-ring (bicyclic) bond motifs is 1. The molecule has 0 bridgehead atoms. The molecule has 1 aromatic carbocycles. The summed E-state index contributed by atoms with van der Waals surface area (Å²) in [6, 6.07) is 8.54. The number of nitrogens with zero attached hydrogens (tertiary/aromatic N) is 1. The largest absolute Gasteiger partial charge is 0.469 e. The maximum absolute atomic E-state index is 12.9. The van der Waals surface area contributed by atoms with Gasteiger partial charge in [-0.3, -0.25) is 14.4 Å². The minimum Gasteiger partial charge on any atom is -0.469 e. The van der Waals surface area contributed by atoms with Crippen LogP contribution >= 0.6 is 0 Å². The highest BCUT2D eigenvalue weighted by molar-refractivity contribution is 6.00. The van der Waals surface area contributed by atoms with E-state index >= 15 is 0 Å². The topological polar surface area (TPSA) is 115 Å². The van der Waals surface area contributed by atoms with Gasteiger partial charge < -0.3 is 25.7 Å². The molecule has 3 atom stereocenters. The number of rotatable bonds is 8. The quantitative estimate of drug-likeness (QED) is 0.574. The SMILES string of the molecule is COC(=O)C1CCC1NC(=O)C(CCCN)NC(=O)c1cc2ccccc2n1C. The van der Waals surface area contributed by atoms with Gasteiger partial charge in [-0.1, -0.05) is 18.2 Å². The molecule has 29 heavy (non-hydrogen) atoms. The van der Waals surface area contributed by atoms with Crippen molar-refractivity contribution in [2.24, 2.45) is 18.7 Å². The second kappa shape index (κ2) is 9.09. The molecule has 1 fully saturated rings. The van der Waals surface area contributed by atoms with Crippen LogP contribution in [0.1, 0.15) is 36.2 Å². The zero-order valence-corrected chi connectivity index (χ0v) is 16.8. The van der Waals surface area contributed by atoms with E-state index in [1.54, 1.807) is 0 Å². The van der Waals surface area contributed by atoms with E-state index < -0.39 is 6.04 Å². The van der Waals surface area contributed by atoms with E-state index in [2.05, 4.69) is 10.6 Å². The van der Waals surface area contributed by atoms with Gasteiger partial charge in [0, 0.05) is 24.0 Å². The van der Waals surface area contributed by atoms with Crippen LogP contribution < -0.4 is 16.4 Å². The summed E-state index contributed by atoms with van der Waals surface area (Å²) in [5, 5.41) is 6.68. The highest BCUT2D eigenvalue weighted by Gasteiger charge is 2.39. The second-order valence-electron chi connectivity index (χ2n) is 7.43. The standard InChI is InChI=1S/C21H28N4O4/c1-25-17-8-4-3-6-13(17)12-18(25)20(27)24-16(7-5-11-22)19(26)23-15-10-9-14(15)21(28)29-2/h3-4,6,8,12,14-16H,5,7,9-11,22H2,1-2H3,(H,23,26)(H,24,27). The third-order valence-electron chi connectivity index (χ3n) is 5.61. The number of carbonyl (C=O) groups excluding carboxylic acids is 3. The Bertz CT molecular complexity index is 907. The minimum atomic E-state index is -0.719. The molecule has 2 aromatic rings. The van der Waals surface area contributed by atoms with Gasteiger partial charge in [-0.05, 0) is 44.4 Å². The van der Waals surface area contributed by atoms with Gasteiger partial charge in [-0.25, -0.2) is 0 Å². The van der Waals surface area contributed by atoms with E-state index in [9.17, 15) is 14.4 Å². The number of hydrogen-bond acceptors (Lipinski definition) is 5. The molecule has 1 heterocycles. The van der Waals surface area contributed by atoms with E-state index in [1.807, 2.05) is 41.9 Å². The number of aryl methyl sites for hydroxylation is 1. The summed E-state index contributed by atoms with van der Waals surface area (Å²) in [6.07, 6.45) is 2.42. The number of esters is 1. The van der Waals surface area contributed by atoms with Gasteiger partial charge in [0.1, 0.15) is 11.7 Å². The van der Waals surface area contributed by atoms with Crippen LogP contribution in [0, 0.1) is 5.92 Å². The van der Waals surface area contributed by atoms with Crippen molar-refractivity contribution >= 4 is 28.7 Å². The van der Waals surface area contributed by atoms with Gasteiger partial charge in [-0.15, -0.1) is 0 Å². The Morgan fingerprint density at radius 3 is 2.66 bits per heavy atom. The Morgan fingerprint density at radius 1 is 1.28 bits per heavy atom. The minimum absolute atomic E-state index is 0.259. The molecule has 2 amide bonds. The zero-order chi connectivity index (χ0) is 21.0. The van der Waals surface area contributed by atoms with Gasteiger partial charge in [0.05, 0.1) is 13.0 Å². The third-order valence-corrected chi connectivity index (χ3v) is 5.61. The lowest BCUT2D eigenvalue weighted by molar-refractivity contribution is -0.150. The average molecular weight is 400 g/mol. The summed E-state index contributed by atoms with van der Waals surface area (Å²) in [7, 11) is 3.16. The van der Waals surface area contributed by atoms with Crippen LogP contribution in [0.15, 0.2) is 30.3 Å². The van der Waals surface area contributed by atoms with Crippen molar-refractivity contribution in [2.45, 2.75) is 37.8 Å². The average Bonchev–Trinajstić information content (AvgIpc) is 3.05. The monoisotopic (exact) mass is 400 g/mol. The second-order valence-corrected chi connectivity index (χ2v) is 7.43. The number of para-hydroxylation sites is 1. The first-order valence-electron chi connectivity index (χ1n) is 9.89. The molecular formula is C21H28N4O4. The van der Waals surface area contributed by atoms with Crippen molar-refractivity contribution < 1.29 is 19.1 Å². The summed E-state index contributed by atoms with van der Waals surface area (Å²) in [4.78, 5) is 37.4. The van der Waals surface area contributed by atoms with E-state index in [4.69, 9.17) is 10.5 Å². The number of methoxy groups -OCH3 is 1. The number of hydrogen-bond donors (Lipinski definition) is 3. The van der Waals surface area contributed by atoms with Crippen LogP contribution in [0.5, 0.6) is 0 Å². The van der Waals surface area contributed by atoms with Crippen LogP contribution in [0.4, 0.5) is 0 Å². The summed E-state index contributed by atoms with van der Waals surface area (Å²) in [5.74, 6) is -1.27. The van der Waals surface area contributed by atoms with Gasteiger partial charge in [0.25, 0.3) is 5.91 Å². The van der Waals surface area contributed by atoms with Crippen LogP contribution in [0.3, 0.4) is 0 Å². The molecule has 1 saturated carbocycles. The fourth-order valence-electron chi connectivity index (χ4n) is 3.72. The highest BCUT2D eigenvalue weighted by atomic mass is 16.5. The van der Waals surface area contributed by atoms with Crippen molar-refractivity contribution in [3.8, 4) is 0 Å². The number of nitrogens with two attached hydrogens (primary N) is 1. The van der Waals surface area contributed by atoms with Crippen molar-refractivity contribution in [2.75, 3.05) is 13.7 Å². The molecule has 156 valence electrons. The van der Waals surface area contributed by atoms with Crippen LogP contribution in [0.25, 0.3) is 10.9 Å². The van der Waals surface area contributed by atoms with Crippen LogP contribution in [0.2, 0.25) is 0 Å². The summed E-state index contributed by atoms with van der Waals surface area (Å²) < 4.78 is 6.58. The molecule has 0 spiro atoms. The predicted octanol–water partition coefficient (Wildman–Crippen LogP) is 1.08. The molecule has 0 aliphatic heterocycles. The fourth-order valence-corrected chi connectivity index (χ4v) is 3.72. The van der Waals surface area contributed by atoms with Gasteiger partial charge in [0.15, 0.2) is 0 Å². The lowest BCUT2D eigenvalue weighted by atomic mass is 9.79. The first-order valence-corrected chi connectivity index (χ1v) is 9.89. The van der Waals surface area contributed by atoms with Crippen LogP contribution in [-0.4, -0.2) is 48.1 Å². The fraction of sp³-hybridized carbons (Fsp3) is 0.476. The van der Waals surface area contributed by atoms with E-state index in [-0.39, 0.29) is 29.7 Å². The van der Waals surface area contributed by atoms with Crippen molar-refractivity contribution in [3.63, 3.8) is 0 Å². The maximum atomic E-state index is 12.9. The lowest BCUT2D eigenvalue weighted by Crippen LogP contribution is -2.56. The van der Waals surface area contributed by atoms with Crippen molar-refractivity contribution in [1.29, 1.82) is 0 Å². The Morgan fingerprint density at radius 2 is 2.03 bits per heavy atom. The Kier molecular flexibility index (Phi) is 6.53. The van der Waals surface area contributed by atoms with Crippen LogP contribution in [-0.2, 0) is 21.4 Å². The Labute approximate surface area is 169 Å². The summed E-state index contributed by atoms with van der Waals surface area (Å²) in [5.41, 5.74) is 7.02. The molecule has 8 nitrogen and oxygen atoms in total. The van der Waals surface area contributed by atoms with Crippen molar-refractivity contribution in [3.05, 3.63) is 36.0 Å². The molecular weight excluding hydrogens is 372 g/mol. The molecule has 1 aliphatic rings. The first kappa shape index (κ1) is 20.9. The number of carbonyl (C=O) groups is 3. The first-order chi connectivity index (χ1) is 14.0. The highest BCUT2D eigenvalue weighted by Crippen LogP contribution is 2.28. The number of aromatic nitrogens is 1. The molecule has 4 N–H and O–H groups in total. The smallest absolute Gasteiger partial charge is 0.310 e. The third kappa shape index (κ3) is 4.42. The molecule has 3 unspecified atom stereocenters. The van der Waals surface area contributed by atoms with E-state index in [0.29, 0.717) is 37.9 Å². The Balaban J connectivity index is 1.70. The van der Waals surface area contributed by atoms with E-state index in [0.717, 1.165) is 10.9 Å². The van der Waals surface area contributed by atoms with Gasteiger partial charge in [-0.2, -0.15) is 0 Å². The predicted molar refractivity (Wildman–Crippen MR) is 109 cm³/mol. The number of ether oxygens (including phenoxy) is 1. The molecule has 0 saturated heterocycles. The molecule has 3 rings (SSSR count). The van der Waals surface area contributed by atoms with E-state index in [1.165, 1.54) is 7.11 Å². The number of nitrogens with one attached hydrogen (secondary N) is 2. The summed E-state index contributed by atoms with van der Waals surface area (Å²) in [6.45, 7) is 0.419. The van der Waals surface area contributed by atoms with Gasteiger partial charge in [0.2, 0.25) is 5.91 Å². The maximum Gasteiger partial charge on any atom is 0.310 e. The number of benzene rings is 1. The molecule has 1 aromatic heterocycles. The zero-order valence-electron chi connectivity index (χ0n) is 16.8. The Hall–Kier alpha value is -2.87. The molecule has 1 aliphatic carbocycles. The number of amides is 2. The van der Waals surface area contributed by atoms with Crippen molar-refractivity contribution in [1.82, 2.24) is 15.2 Å². The normalized spacial score (nSPS) is 19.3. The van der Waals surface area contributed by atoms with Gasteiger partial charge >= 0.3 is 5.97 Å². The molecule has 0 radical (unpaired) electrons. The molecule has 8 heteroatoms.